The van der Waals surface area contributed by atoms with Crippen LogP contribution in [0.5, 0.6) is 0 Å². The molecule has 2 amide bonds. The fraction of sp³-hybridized carbons (Fsp3) is 0.500. The van der Waals surface area contributed by atoms with Crippen LogP contribution >= 0.6 is 45.7 Å². The standard InChI is InChI=1S/C4H7I2N3O2/c5-8-3(10)1-7-2-4(11)9-6/h7H,1-2H2,(H,8,10)(H,9,11). The van der Waals surface area contributed by atoms with E-state index >= 15 is 0 Å². The van der Waals surface area contributed by atoms with Gasteiger partial charge in [-0.05, 0) is 0 Å². The summed E-state index contributed by atoms with van der Waals surface area (Å²) in [5.74, 6) is -0.293. The van der Waals surface area contributed by atoms with Gasteiger partial charge >= 0.3 is 0 Å². The SMILES string of the molecule is O=C(CNCC(=O)NI)NI. The van der Waals surface area contributed by atoms with E-state index in [1.54, 1.807) is 45.7 Å². The van der Waals surface area contributed by atoms with Crippen LogP contribution in [0.25, 0.3) is 0 Å². The highest BCUT2D eigenvalue weighted by Gasteiger charge is 2.00. The quantitative estimate of drug-likeness (QED) is 0.454. The van der Waals surface area contributed by atoms with Crippen LogP contribution in [-0.4, -0.2) is 24.9 Å². The molecular weight excluding hydrogens is 376 g/mol. The number of rotatable bonds is 4. The Balaban J connectivity index is 3.27. The average molecular weight is 383 g/mol. The maximum atomic E-state index is 10.6. The molecule has 0 bridgehead atoms. The van der Waals surface area contributed by atoms with Crippen molar-refractivity contribution in [2.24, 2.45) is 0 Å². The second-order valence-electron chi connectivity index (χ2n) is 1.64. The number of hydrogen-bond donors (Lipinski definition) is 3. The normalized spacial score (nSPS) is 8.91. The van der Waals surface area contributed by atoms with Crippen molar-refractivity contribution in [1.29, 1.82) is 0 Å². The van der Waals surface area contributed by atoms with Crippen molar-refractivity contribution in [3.05, 3.63) is 0 Å². The predicted molar refractivity (Wildman–Crippen MR) is 57.2 cm³/mol. The van der Waals surface area contributed by atoms with Gasteiger partial charge in [-0.25, -0.2) is 0 Å². The third-order valence-electron chi connectivity index (χ3n) is 0.782. The number of carbonyl (C=O) groups is 2. The summed E-state index contributed by atoms with van der Waals surface area (Å²) >= 11 is 3.48. The Morgan fingerprint density at radius 3 is 1.64 bits per heavy atom. The summed E-state index contributed by atoms with van der Waals surface area (Å²) in [6.45, 7) is 0.319. The predicted octanol–water partition coefficient (Wildman–Crippen LogP) is -0.492. The van der Waals surface area contributed by atoms with E-state index < -0.39 is 0 Å². The van der Waals surface area contributed by atoms with Gasteiger partial charge in [0.15, 0.2) is 0 Å². The van der Waals surface area contributed by atoms with Crippen molar-refractivity contribution in [1.82, 2.24) is 12.4 Å². The topological polar surface area (TPSA) is 70.2 Å². The fourth-order valence-corrected chi connectivity index (χ4v) is 0.738. The first-order chi connectivity index (χ1) is 5.20. The number of nitrogens with one attached hydrogen (secondary N) is 3. The summed E-state index contributed by atoms with van der Waals surface area (Å²) in [5.41, 5.74) is 0. The lowest BCUT2D eigenvalue weighted by Gasteiger charge is -1.99. The molecule has 0 aromatic carbocycles. The van der Waals surface area contributed by atoms with Crippen molar-refractivity contribution in [2.45, 2.75) is 0 Å². The molecule has 5 nitrogen and oxygen atoms in total. The Morgan fingerprint density at radius 1 is 1.00 bits per heavy atom. The van der Waals surface area contributed by atoms with Crippen LogP contribution in [0.2, 0.25) is 0 Å². The molecule has 0 atom stereocenters. The number of amides is 2. The van der Waals surface area contributed by atoms with E-state index in [4.69, 9.17) is 0 Å². The monoisotopic (exact) mass is 383 g/mol. The summed E-state index contributed by atoms with van der Waals surface area (Å²) < 4.78 is 4.78. The van der Waals surface area contributed by atoms with Gasteiger partial charge in [0.05, 0.1) is 58.8 Å². The summed E-state index contributed by atoms with van der Waals surface area (Å²) in [6, 6.07) is 0. The Bertz CT molecular complexity index is 136. The average Bonchev–Trinajstić information content (AvgIpc) is 2.04. The first-order valence-electron chi connectivity index (χ1n) is 2.70. The summed E-state index contributed by atoms with van der Waals surface area (Å²) in [4.78, 5) is 21.1. The summed E-state index contributed by atoms with van der Waals surface area (Å²) in [6.07, 6.45) is 0. The highest BCUT2D eigenvalue weighted by molar-refractivity contribution is 14.1. The van der Waals surface area contributed by atoms with Gasteiger partial charge in [0, 0.05) is 0 Å². The molecule has 0 unspecified atom stereocenters. The van der Waals surface area contributed by atoms with Crippen LogP contribution < -0.4 is 12.4 Å². The number of halogens is 2. The Labute approximate surface area is 92.0 Å². The molecule has 3 N–H and O–H groups in total. The second kappa shape index (κ2) is 7.03. The van der Waals surface area contributed by atoms with E-state index in [-0.39, 0.29) is 24.9 Å². The first kappa shape index (κ1) is 11.4. The van der Waals surface area contributed by atoms with E-state index in [0.29, 0.717) is 0 Å². The van der Waals surface area contributed by atoms with E-state index in [9.17, 15) is 9.59 Å². The van der Waals surface area contributed by atoms with Gasteiger partial charge in [0.2, 0.25) is 11.8 Å². The zero-order valence-electron chi connectivity index (χ0n) is 5.49. The largest absolute Gasteiger partial charge is 0.300 e. The maximum Gasteiger partial charge on any atom is 0.242 e. The lowest BCUT2D eigenvalue weighted by Crippen LogP contribution is -2.35. The summed E-state index contributed by atoms with van der Waals surface area (Å²) in [5, 5.41) is 2.65. The zero-order valence-corrected chi connectivity index (χ0v) is 9.80. The van der Waals surface area contributed by atoms with Crippen LogP contribution in [-0.2, 0) is 9.59 Å². The van der Waals surface area contributed by atoms with Crippen LogP contribution in [0.15, 0.2) is 0 Å². The molecule has 0 radical (unpaired) electrons. The van der Waals surface area contributed by atoms with Crippen LogP contribution in [0.1, 0.15) is 0 Å². The van der Waals surface area contributed by atoms with Crippen molar-refractivity contribution in [3.63, 3.8) is 0 Å². The summed E-state index contributed by atoms with van der Waals surface area (Å²) in [7, 11) is 0. The maximum absolute atomic E-state index is 10.6. The van der Waals surface area contributed by atoms with Crippen molar-refractivity contribution < 1.29 is 9.59 Å². The van der Waals surface area contributed by atoms with Gasteiger partial charge in [-0.2, -0.15) is 0 Å². The third-order valence-corrected chi connectivity index (χ3v) is 1.99. The van der Waals surface area contributed by atoms with Gasteiger partial charge < -0.3 is 0 Å². The van der Waals surface area contributed by atoms with Crippen molar-refractivity contribution >= 4 is 57.5 Å². The highest BCUT2D eigenvalue weighted by atomic mass is 127. The fourth-order valence-electron chi connectivity index (χ4n) is 0.356. The zero-order chi connectivity index (χ0) is 8.69. The van der Waals surface area contributed by atoms with Crippen LogP contribution in [0, 0.1) is 0 Å². The molecule has 0 saturated heterocycles. The Kier molecular flexibility index (Phi) is 7.26. The molecule has 0 spiro atoms. The Hall–Kier alpha value is 0.360. The molecule has 64 valence electrons. The van der Waals surface area contributed by atoms with Gasteiger partial charge in [-0.15, -0.1) is 0 Å². The second-order valence-corrected chi connectivity index (χ2v) is 2.72. The molecule has 0 aliphatic heterocycles. The molecule has 0 fully saturated rings. The molecule has 0 rings (SSSR count). The molecule has 0 heterocycles. The molecule has 0 aromatic heterocycles. The molecular formula is C4H7I2N3O2. The minimum Gasteiger partial charge on any atom is -0.300 e. The number of hydrogen-bond acceptors (Lipinski definition) is 3. The molecule has 0 aliphatic carbocycles. The van der Waals surface area contributed by atoms with Crippen LogP contribution in [0.4, 0.5) is 0 Å². The highest BCUT2D eigenvalue weighted by Crippen LogP contribution is 1.72. The first-order valence-corrected chi connectivity index (χ1v) is 4.86. The van der Waals surface area contributed by atoms with Crippen molar-refractivity contribution in [2.75, 3.05) is 13.1 Å². The number of carbonyl (C=O) groups excluding carboxylic acids is 2. The van der Waals surface area contributed by atoms with Gasteiger partial charge in [0.1, 0.15) is 0 Å². The van der Waals surface area contributed by atoms with Gasteiger partial charge in [-0.3, -0.25) is 22.0 Å². The smallest absolute Gasteiger partial charge is 0.242 e. The lowest BCUT2D eigenvalue weighted by molar-refractivity contribution is -0.119. The molecule has 0 saturated carbocycles. The van der Waals surface area contributed by atoms with E-state index in [1.165, 1.54) is 0 Å². The minimum atomic E-state index is -0.146. The molecule has 0 aliphatic rings. The Morgan fingerprint density at radius 2 is 1.36 bits per heavy atom. The lowest BCUT2D eigenvalue weighted by atomic mass is 10.5. The van der Waals surface area contributed by atoms with E-state index in [0.717, 1.165) is 0 Å². The van der Waals surface area contributed by atoms with Gasteiger partial charge in [0.25, 0.3) is 0 Å². The van der Waals surface area contributed by atoms with Crippen molar-refractivity contribution in [3.8, 4) is 0 Å². The van der Waals surface area contributed by atoms with Gasteiger partial charge in [-0.1, -0.05) is 0 Å². The minimum absolute atomic E-state index is 0.146. The third kappa shape index (κ3) is 6.75. The molecule has 7 heteroatoms. The molecule has 0 aromatic rings. The van der Waals surface area contributed by atoms with E-state index in [1.807, 2.05) is 0 Å². The molecule has 11 heavy (non-hydrogen) atoms. The van der Waals surface area contributed by atoms with Crippen LogP contribution in [0.3, 0.4) is 0 Å². The van der Waals surface area contributed by atoms with E-state index in [2.05, 4.69) is 12.4 Å².